The fourth-order valence-electron chi connectivity index (χ4n) is 3.11. The SMILES string of the molecule is CCOc1ccc2c(c1)cc(C1CCNCC1)n2C. The Morgan fingerprint density at radius 3 is 2.79 bits per heavy atom. The molecule has 1 N–H and O–H groups in total. The number of aryl methyl sites for hydroxylation is 1. The van der Waals surface area contributed by atoms with Gasteiger partial charge in [-0.25, -0.2) is 0 Å². The molecule has 3 heteroatoms. The Kier molecular flexibility index (Phi) is 3.47. The summed E-state index contributed by atoms with van der Waals surface area (Å²) in [7, 11) is 2.18. The van der Waals surface area contributed by atoms with Crippen LogP contribution in [0.15, 0.2) is 24.3 Å². The van der Waals surface area contributed by atoms with Crippen LogP contribution in [0.1, 0.15) is 31.4 Å². The number of ether oxygens (including phenoxy) is 1. The van der Waals surface area contributed by atoms with Crippen molar-refractivity contribution in [3.63, 3.8) is 0 Å². The Labute approximate surface area is 114 Å². The minimum Gasteiger partial charge on any atom is -0.494 e. The molecule has 0 spiro atoms. The molecule has 0 amide bonds. The van der Waals surface area contributed by atoms with E-state index in [1.165, 1.54) is 29.4 Å². The quantitative estimate of drug-likeness (QED) is 0.916. The molecule has 1 saturated heterocycles. The van der Waals surface area contributed by atoms with Crippen LogP contribution in [0.5, 0.6) is 5.75 Å². The second-order valence-corrected chi connectivity index (χ2v) is 5.31. The molecule has 1 aromatic carbocycles. The predicted octanol–water partition coefficient (Wildman–Crippen LogP) is 3.04. The lowest BCUT2D eigenvalue weighted by Gasteiger charge is -2.23. The number of hydrogen-bond donors (Lipinski definition) is 1. The molecular weight excluding hydrogens is 236 g/mol. The zero-order valence-electron chi connectivity index (χ0n) is 11.8. The van der Waals surface area contributed by atoms with Crippen LogP contribution in [0.4, 0.5) is 0 Å². The van der Waals surface area contributed by atoms with Crippen molar-refractivity contribution in [2.75, 3.05) is 19.7 Å². The monoisotopic (exact) mass is 258 g/mol. The first-order valence-corrected chi connectivity index (χ1v) is 7.22. The van der Waals surface area contributed by atoms with Gasteiger partial charge >= 0.3 is 0 Å². The molecule has 0 aliphatic carbocycles. The van der Waals surface area contributed by atoms with Crippen LogP contribution in [0.2, 0.25) is 0 Å². The Morgan fingerprint density at radius 1 is 1.26 bits per heavy atom. The van der Waals surface area contributed by atoms with Crippen molar-refractivity contribution < 1.29 is 4.74 Å². The van der Waals surface area contributed by atoms with Gasteiger partial charge in [0.05, 0.1) is 6.61 Å². The summed E-state index contributed by atoms with van der Waals surface area (Å²) >= 11 is 0. The number of hydrogen-bond acceptors (Lipinski definition) is 2. The molecule has 1 aliphatic rings. The van der Waals surface area contributed by atoms with Gasteiger partial charge in [0.25, 0.3) is 0 Å². The van der Waals surface area contributed by atoms with Gasteiger partial charge < -0.3 is 14.6 Å². The Hall–Kier alpha value is -1.48. The maximum absolute atomic E-state index is 5.59. The lowest BCUT2D eigenvalue weighted by molar-refractivity contribution is 0.340. The van der Waals surface area contributed by atoms with Crippen LogP contribution in [0.3, 0.4) is 0 Å². The van der Waals surface area contributed by atoms with Crippen molar-refractivity contribution in [2.45, 2.75) is 25.7 Å². The van der Waals surface area contributed by atoms with Gasteiger partial charge in [0, 0.05) is 29.6 Å². The molecule has 1 aromatic heterocycles. The summed E-state index contributed by atoms with van der Waals surface area (Å²) in [6, 6.07) is 8.74. The molecule has 2 heterocycles. The summed E-state index contributed by atoms with van der Waals surface area (Å²) < 4.78 is 7.94. The van der Waals surface area contributed by atoms with Crippen LogP contribution in [-0.2, 0) is 7.05 Å². The number of fused-ring (bicyclic) bond motifs is 1. The summed E-state index contributed by atoms with van der Waals surface area (Å²) in [6.45, 7) is 5.02. The van der Waals surface area contributed by atoms with Crippen LogP contribution >= 0.6 is 0 Å². The van der Waals surface area contributed by atoms with E-state index in [1.807, 2.05) is 6.92 Å². The maximum atomic E-state index is 5.59. The van der Waals surface area contributed by atoms with E-state index in [2.05, 4.69) is 41.2 Å². The lowest BCUT2D eigenvalue weighted by atomic mass is 9.94. The van der Waals surface area contributed by atoms with Crippen molar-refractivity contribution in [3.05, 3.63) is 30.0 Å². The number of rotatable bonds is 3. The van der Waals surface area contributed by atoms with Crippen molar-refractivity contribution >= 4 is 10.9 Å². The highest BCUT2D eigenvalue weighted by Crippen LogP contribution is 2.31. The molecule has 1 fully saturated rings. The van der Waals surface area contributed by atoms with Crippen LogP contribution in [-0.4, -0.2) is 24.3 Å². The summed E-state index contributed by atoms with van der Waals surface area (Å²) in [5.74, 6) is 1.66. The fraction of sp³-hybridized carbons (Fsp3) is 0.500. The Balaban J connectivity index is 1.98. The van der Waals surface area contributed by atoms with E-state index in [-0.39, 0.29) is 0 Å². The lowest BCUT2D eigenvalue weighted by Crippen LogP contribution is -2.27. The van der Waals surface area contributed by atoms with Crippen molar-refractivity contribution in [1.29, 1.82) is 0 Å². The highest BCUT2D eigenvalue weighted by atomic mass is 16.5. The van der Waals surface area contributed by atoms with Gasteiger partial charge in [0.2, 0.25) is 0 Å². The zero-order chi connectivity index (χ0) is 13.2. The summed E-state index contributed by atoms with van der Waals surface area (Å²) in [5.41, 5.74) is 2.77. The van der Waals surface area contributed by atoms with Gasteiger partial charge in [-0.2, -0.15) is 0 Å². The third-order valence-electron chi connectivity index (χ3n) is 4.12. The topological polar surface area (TPSA) is 26.2 Å². The normalized spacial score (nSPS) is 16.9. The van der Waals surface area contributed by atoms with E-state index in [9.17, 15) is 0 Å². The van der Waals surface area contributed by atoms with Gasteiger partial charge in [-0.3, -0.25) is 0 Å². The van der Waals surface area contributed by atoms with Crippen molar-refractivity contribution in [3.8, 4) is 5.75 Å². The molecule has 0 unspecified atom stereocenters. The van der Waals surface area contributed by atoms with Gasteiger partial charge in [-0.05, 0) is 57.1 Å². The van der Waals surface area contributed by atoms with Gasteiger partial charge in [0.15, 0.2) is 0 Å². The Morgan fingerprint density at radius 2 is 2.05 bits per heavy atom. The molecule has 0 radical (unpaired) electrons. The third kappa shape index (κ3) is 2.35. The van der Waals surface area contributed by atoms with E-state index in [0.717, 1.165) is 25.4 Å². The average molecular weight is 258 g/mol. The van der Waals surface area contributed by atoms with E-state index < -0.39 is 0 Å². The molecule has 1 aliphatic heterocycles. The first-order valence-electron chi connectivity index (χ1n) is 7.22. The van der Waals surface area contributed by atoms with E-state index >= 15 is 0 Å². The standard InChI is InChI=1S/C16H22N2O/c1-3-19-14-4-5-15-13(10-14)11-16(18(15)2)12-6-8-17-9-7-12/h4-5,10-12,17H,3,6-9H2,1-2H3. The van der Waals surface area contributed by atoms with Gasteiger partial charge in [-0.15, -0.1) is 0 Å². The second kappa shape index (κ2) is 5.25. The van der Waals surface area contributed by atoms with Crippen LogP contribution in [0, 0.1) is 0 Å². The summed E-state index contributed by atoms with van der Waals surface area (Å²) in [4.78, 5) is 0. The molecule has 19 heavy (non-hydrogen) atoms. The minimum atomic E-state index is 0.689. The molecule has 3 rings (SSSR count). The molecule has 102 valence electrons. The van der Waals surface area contributed by atoms with Gasteiger partial charge in [0.1, 0.15) is 5.75 Å². The average Bonchev–Trinajstić information content (AvgIpc) is 2.77. The van der Waals surface area contributed by atoms with Crippen molar-refractivity contribution in [2.24, 2.45) is 7.05 Å². The molecule has 2 aromatic rings. The summed E-state index contributed by atoms with van der Waals surface area (Å²) in [6.07, 6.45) is 2.48. The molecule has 3 nitrogen and oxygen atoms in total. The molecule has 0 atom stereocenters. The van der Waals surface area contributed by atoms with E-state index in [0.29, 0.717) is 5.92 Å². The summed E-state index contributed by atoms with van der Waals surface area (Å²) in [5, 5.41) is 4.73. The van der Waals surface area contributed by atoms with E-state index in [4.69, 9.17) is 4.74 Å². The number of aromatic nitrogens is 1. The number of piperidine rings is 1. The van der Waals surface area contributed by atoms with Crippen LogP contribution < -0.4 is 10.1 Å². The highest BCUT2D eigenvalue weighted by Gasteiger charge is 2.19. The van der Waals surface area contributed by atoms with Crippen molar-refractivity contribution in [1.82, 2.24) is 9.88 Å². The highest BCUT2D eigenvalue weighted by molar-refractivity contribution is 5.83. The smallest absolute Gasteiger partial charge is 0.120 e. The number of nitrogens with one attached hydrogen (secondary N) is 1. The predicted molar refractivity (Wildman–Crippen MR) is 78.9 cm³/mol. The number of benzene rings is 1. The maximum Gasteiger partial charge on any atom is 0.120 e. The van der Waals surface area contributed by atoms with Gasteiger partial charge in [-0.1, -0.05) is 0 Å². The first kappa shape index (κ1) is 12.5. The molecule has 0 bridgehead atoms. The zero-order valence-corrected chi connectivity index (χ0v) is 11.8. The third-order valence-corrected chi connectivity index (χ3v) is 4.12. The second-order valence-electron chi connectivity index (χ2n) is 5.31. The molecular formula is C16H22N2O. The number of nitrogens with zero attached hydrogens (tertiary/aromatic N) is 1. The van der Waals surface area contributed by atoms with Crippen LogP contribution in [0.25, 0.3) is 10.9 Å². The minimum absolute atomic E-state index is 0.689. The largest absolute Gasteiger partial charge is 0.494 e. The first-order chi connectivity index (χ1) is 9.29. The Bertz CT molecular complexity index is 567. The van der Waals surface area contributed by atoms with E-state index in [1.54, 1.807) is 0 Å². The molecule has 0 saturated carbocycles. The fourth-order valence-corrected chi connectivity index (χ4v) is 3.11.